The third-order valence-electron chi connectivity index (χ3n) is 2.47. The van der Waals surface area contributed by atoms with Crippen LogP contribution in [0.5, 0.6) is 0 Å². The minimum Gasteiger partial charge on any atom is -0.0867 e. The molecule has 0 aromatic carbocycles. The Morgan fingerprint density at radius 3 is 1.39 bits per heavy atom. The van der Waals surface area contributed by atoms with Gasteiger partial charge in [0, 0.05) is 0 Å². The summed E-state index contributed by atoms with van der Waals surface area (Å²) in [6, 6.07) is 0. The molecule has 0 nitrogen and oxygen atoms in total. The molecule has 0 heteroatoms. The van der Waals surface area contributed by atoms with Crippen molar-refractivity contribution in [2.24, 2.45) is 11.8 Å². The number of allylic oxidation sites excluding steroid dienone is 12. The highest BCUT2D eigenvalue weighted by Gasteiger charge is 1.95. The fourth-order valence-corrected chi connectivity index (χ4v) is 1.55. The maximum Gasteiger partial charge on any atom is 0.0573 e. The first-order chi connectivity index (χ1) is 8.95. The van der Waals surface area contributed by atoms with Gasteiger partial charge in [0.2, 0.25) is 0 Å². The molecule has 0 aromatic rings. The van der Waals surface area contributed by atoms with Gasteiger partial charge in [0.25, 0.3) is 0 Å². The SMILES string of the molecule is C(#CC1C=CC=C1)/C=C/C=C/C#CC1C=CC=C1. The van der Waals surface area contributed by atoms with E-state index in [2.05, 4.69) is 48.0 Å². The topological polar surface area (TPSA) is 0 Å². The monoisotopic (exact) mass is 230 g/mol. The minimum atomic E-state index is 0.277. The third kappa shape index (κ3) is 4.20. The van der Waals surface area contributed by atoms with Crippen LogP contribution in [-0.2, 0) is 0 Å². The van der Waals surface area contributed by atoms with Gasteiger partial charge in [0.1, 0.15) is 0 Å². The largest absolute Gasteiger partial charge is 0.0867 e. The highest BCUT2D eigenvalue weighted by Crippen LogP contribution is 2.06. The second-order valence-corrected chi connectivity index (χ2v) is 3.89. The van der Waals surface area contributed by atoms with Crippen molar-refractivity contribution < 1.29 is 0 Å². The van der Waals surface area contributed by atoms with E-state index in [1.54, 1.807) is 0 Å². The van der Waals surface area contributed by atoms with Crippen LogP contribution in [0, 0.1) is 35.5 Å². The fraction of sp³-hybridized carbons (Fsp3) is 0.111. The zero-order valence-corrected chi connectivity index (χ0v) is 10.1. The molecule has 0 saturated heterocycles. The summed E-state index contributed by atoms with van der Waals surface area (Å²) >= 11 is 0. The van der Waals surface area contributed by atoms with Gasteiger partial charge in [0.15, 0.2) is 0 Å². The van der Waals surface area contributed by atoms with Crippen LogP contribution in [0.3, 0.4) is 0 Å². The molecule has 86 valence electrons. The molecular weight excluding hydrogens is 216 g/mol. The fourth-order valence-electron chi connectivity index (χ4n) is 1.55. The average Bonchev–Trinajstić information content (AvgIpc) is 3.05. The minimum absolute atomic E-state index is 0.277. The highest BCUT2D eigenvalue weighted by atomic mass is 14.0. The lowest BCUT2D eigenvalue weighted by Crippen LogP contribution is -1.79. The first-order valence-corrected chi connectivity index (χ1v) is 5.99. The summed E-state index contributed by atoms with van der Waals surface area (Å²) in [5.74, 6) is 12.8. The van der Waals surface area contributed by atoms with Crippen molar-refractivity contribution in [2.45, 2.75) is 0 Å². The van der Waals surface area contributed by atoms with Gasteiger partial charge in [-0.2, -0.15) is 0 Å². The number of rotatable bonds is 1. The van der Waals surface area contributed by atoms with Crippen molar-refractivity contribution in [3.63, 3.8) is 0 Å². The molecule has 0 bridgehead atoms. The molecule has 0 aromatic heterocycles. The molecule has 0 heterocycles. The maximum absolute atomic E-state index is 3.12. The second-order valence-electron chi connectivity index (χ2n) is 3.89. The average molecular weight is 230 g/mol. The van der Waals surface area contributed by atoms with E-state index in [1.807, 2.05) is 48.6 Å². The second kappa shape index (κ2) is 7.00. The molecule has 2 aliphatic carbocycles. The van der Waals surface area contributed by atoms with E-state index in [0.717, 1.165) is 0 Å². The Hall–Kier alpha value is -2.44. The molecule has 0 radical (unpaired) electrons. The molecule has 0 unspecified atom stereocenters. The Bertz CT molecular complexity index is 491. The molecule has 0 amide bonds. The van der Waals surface area contributed by atoms with Crippen molar-refractivity contribution >= 4 is 0 Å². The van der Waals surface area contributed by atoms with E-state index in [-0.39, 0.29) is 11.8 Å². The lowest BCUT2D eigenvalue weighted by molar-refractivity contribution is 1.15. The number of hydrogen-bond donors (Lipinski definition) is 0. The van der Waals surface area contributed by atoms with E-state index in [4.69, 9.17) is 0 Å². The smallest absolute Gasteiger partial charge is 0.0573 e. The van der Waals surface area contributed by atoms with Crippen LogP contribution in [0.1, 0.15) is 0 Å². The van der Waals surface area contributed by atoms with Crippen LogP contribution in [0.25, 0.3) is 0 Å². The summed E-state index contributed by atoms with van der Waals surface area (Å²) < 4.78 is 0. The van der Waals surface area contributed by atoms with Gasteiger partial charge < -0.3 is 0 Å². The molecule has 0 N–H and O–H groups in total. The third-order valence-corrected chi connectivity index (χ3v) is 2.47. The van der Waals surface area contributed by atoms with Crippen LogP contribution in [0.4, 0.5) is 0 Å². The molecule has 0 aliphatic heterocycles. The summed E-state index contributed by atoms with van der Waals surface area (Å²) in [5.41, 5.74) is 0. The Kier molecular flexibility index (Phi) is 4.68. The summed E-state index contributed by atoms with van der Waals surface area (Å²) in [5, 5.41) is 0. The van der Waals surface area contributed by atoms with Gasteiger partial charge in [0.05, 0.1) is 11.8 Å². The van der Waals surface area contributed by atoms with Crippen molar-refractivity contribution in [3.8, 4) is 23.7 Å². The maximum atomic E-state index is 3.12. The van der Waals surface area contributed by atoms with Crippen molar-refractivity contribution in [1.29, 1.82) is 0 Å². The first-order valence-electron chi connectivity index (χ1n) is 5.99. The summed E-state index contributed by atoms with van der Waals surface area (Å²) in [4.78, 5) is 0. The standard InChI is InChI=1S/C18H14/c1(3-5-11-17-13-7-8-14-17)2-4-6-12-18-15-9-10-16-18/h1-4,7-10,13-18H/b3-1+,4-2+. The molecule has 0 spiro atoms. The highest BCUT2D eigenvalue weighted by molar-refractivity contribution is 5.33. The van der Waals surface area contributed by atoms with Crippen LogP contribution >= 0.6 is 0 Å². The van der Waals surface area contributed by atoms with E-state index < -0.39 is 0 Å². The van der Waals surface area contributed by atoms with Crippen molar-refractivity contribution in [1.82, 2.24) is 0 Å². The van der Waals surface area contributed by atoms with Crippen LogP contribution in [0.2, 0.25) is 0 Å². The van der Waals surface area contributed by atoms with Gasteiger partial charge in [-0.3, -0.25) is 0 Å². The molecule has 0 saturated carbocycles. The van der Waals surface area contributed by atoms with Crippen LogP contribution < -0.4 is 0 Å². The molecule has 18 heavy (non-hydrogen) atoms. The predicted octanol–water partition coefficient (Wildman–Crippen LogP) is 3.59. The van der Waals surface area contributed by atoms with Crippen molar-refractivity contribution in [3.05, 3.63) is 72.9 Å². The Balaban J connectivity index is 1.73. The van der Waals surface area contributed by atoms with Gasteiger partial charge in [-0.1, -0.05) is 84.4 Å². The van der Waals surface area contributed by atoms with Crippen LogP contribution in [0.15, 0.2) is 72.9 Å². The molecule has 0 atom stereocenters. The Morgan fingerprint density at radius 2 is 1.00 bits per heavy atom. The molecule has 2 aliphatic rings. The summed E-state index contributed by atoms with van der Waals surface area (Å²) in [6.07, 6.45) is 23.9. The lowest BCUT2D eigenvalue weighted by Gasteiger charge is -1.87. The quantitative estimate of drug-likeness (QED) is 0.477. The van der Waals surface area contributed by atoms with E-state index >= 15 is 0 Å². The molecule has 0 fully saturated rings. The van der Waals surface area contributed by atoms with Gasteiger partial charge >= 0.3 is 0 Å². The van der Waals surface area contributed by atoms with Crippen LogP contribution in [-0.4, -0.2) is 0 Å². The van der Waals surface area contributed by atoms with E-state index in [1.165, 1.54) is 0 Å². The number of hydrogen-bond acceptors (Lipinski definition) is 0. The van der Waals surface area contributed by atoms with Gasteiger partial charge in [-0.15, -0.1) is 0 Å². The van der Waals surface area contributed by atoms with Gasteiger partial charge in [-0.25, -0.2) is 0 Å². The zero-order chi connectivity index (χ0) is 12.5. The zero-order valence-electron chi connectivity index (χ0n) is 10.1. The van der Waals surface area contributed by atoms with Gasteiger partial charge in [-0.05, 0) is 12.2 Å². The Morgan fingerprint density at radius 1 is 0.611 bits per heavy atom. The van der Waals surface area contributed by atoms with Crippen molar-refractivity contribution in [2.75, 3.05) is 0 Å². The lowest BCUT2D eigenvalue weighted by atomic mass is 10.2. The Labute approximate surface area is 109 Å². The van der Waals surface area contributed by atoms with E-state index in [9.17, 15) is 0 Å². The molecular formula is C18H14. The normalized spacial score (nSPS) is 17.6. The first kappa shape index (κ1) is 12.0. The summed E-state index contributed by atoms with van der Waals surface area (Å²) in [6.45, 7) is 0. The van der Waals surface area contributed by atoms with E-state index in [0.29, 0.717) is 0 Å². The predicted molar refractivity (Wildman–Crippen MR) is 77.4 cm³/mol. The summed E-state index contributed by atoms with van der Waals surface area (Å²) in [7, 11) is 0. The molecule has 2 rings (SSSR count).